The van der Waals surface area contributed by atoms with E-state index >= 15 is 0 Å². The molecule has 4 heteroatoms. The zero-order valence-corrected chi connectivity index (χ0v) is 7.70. The maximum Gasteiger partial charge on any atom is 0.241 e. The van der Waals surface area contributed by atoms with Crippen LogP contribution in [0.25, 0.3) is 0 Å². The van der Waals surface area contributed by atoms with Gasteiger partial charge >= 0.3 is 0 Å². The third kappa shape index (κ3) is 1.56. The average Bonchev–Trinajstić information content (AvgIpc) is 2.51. The minimum absolute atomic E-state index is 0.0136. The summed E-state index contributed by atoms with van der Waals surface area (Å²) in [5.74, 6) is -0.0136. The van der Waals surface area contributed by atoms with Crippen molar-refractivity contribution in [2.75, 3.05) is 13.1 Å². The maximum atomic E-state index is 11.2. The number of carbonyl (C=O) groups is 1. The van der Waals surface area contributed by atoms with Crippen LogP contribution in [0.3, 0.4) is 0 Å². The zero-order chi connectivity index (χ0) is 9.47. The molecule has 3 N–H and O–H groups in total. The molecule has 0 aromatic rings. The number of hydrogen-bond donors (Lipinski definition) is 2. The highest BCUT2D eigenvalue weighted by atomic mass is 16.3. The predicted molar refractivity (Wildman–Crippen MR) is 48.0 cm³/mol. The number of nitrogens with zero attached hydrogens (tertiary/aromatic N) is 1. The monoisotopic (exact) mass is 184 g/mol. The summed E-state index contributed by atoms with van der Waals surface area (Å²) in [7, 11) is 0. The lowest BCUT2D eigenvalue weighted by Gasteiger charge is -2.40. The van der Waals surface area contributed by atoms with Crippen molar-refractivity contribution in [3.8, 4) is 0 Å². The van der Waals surface area contributed by atoms with Gasteiger partial charge in [0.05, 0.1) is 5.60 Å². The van der Waals surface area contributed by atoms with Crippen LogP contribution >= 0.6 is 0 Å². The molecule has 2 fully saturated rings. The SMILES string of the molecule is NC1CN(CC2(O)CCCC2)C1=O. The Morgan fingerprint density at radius 3 is 2.62 bits per heavy atom. The Bertz CT molecular complexity index is 224. The van der Waals surface area contributed by atoms with Crippen LogP contribution in [0.5, 0.6) is 0 Å². The van der Waals surface area contributed by atoms with E-state index in [0.717, 1.165) is 25.7 Å². The van der Waals surface area contributed by atoms with Gasteiger partial charge in [-0.15, -0.1) is 0 Å². The van der Waals surface area contributed by atoms with Gasteiger partial charge in [-0.2, -0.15) is 0 Å². The molecule has 2 rings (SSSR count). The van der Waals surface area contributed by atoms with E-state index in [-0.39, 0.29) is 11.9 Å². The van der Waals surface area contributed by atoms with Crippen molar-refractivity contribution >= 4 is 5.91 Å². The van der Waals surface area contributed by atoms with Gasteiger partial charge in [-0.25, -0.2) is 0 Å². The Morgan fingerprint density at radius 2 is 2.15 bits per heavy atom. The summed E-state index contributed by atoms with van der Waals surface area (Å²) in [6.07, 6.45) is 3.80. The maximum absolute atomic E-state index is 11.2. The first kappa shape index (κ1) is 8.97. The lowest BCUT2D eigenvalue weighted by molar-refractivity contribution is -0.147. The standard InChI is InChI=1S/C9H16N2O2/c10-7-5-11(8(7)12)6-9(13)3-1-2-4-9/h7,13H,1-6,10H2. The second-order valence-corrected chi connectivity index (χ2v) is 4.26. The van der Waals surface area contributed by atoms with Crippen molar-refractivity contribution in [3.63, 3.8) is 0 Å². The molecule has 0 aromatic carbocycles. The third-order valence-corrected chi connectivity index (χ3v) is 3.07. The summed E-state index contributed by atoms with van der Waals surface area (Å²) in [4.78, 5) is 12.8. The molecule has 74 valence electrons. The van der Waals surface area contributed by atoms with Crippen LogP contribution in [0.1, 0.15) is 25.7 Å². The fourth-order valence-corrected chi connectivity index (χ4v) is 2.22. The zero-order valence-electron chi connectivity index (χ0n) is 7.70. The van der Waals surface area contributed by atoms with Crippen molar-refractivity contribution in [1.29, 1.82) is 0 Å². The molecule has 1 amide bonds. The molecule has 1 aliphatic heterocycles. The summed E-state index contributed by atoms with van der Waals surface area (Å²) < 4.78 is 0. The van der Waals surface area contributed by atoms with Gasteiger partial charge in [0.1, 0.15) is 6.04 Å². The molecular formula is C9H16N2O2. The van der Waals surface area contributed by atoms with E-state index < -0.39 is 5.60 Å². The summed E-state index contributed by atoms with van der Waals surface area (Å²) in [5.41, 5.74) is 4.84. The van der Waals surface area contributed by atoms with Crippen LogP contribution < -0.4 is 5.73 Å². The van der Waals surface area contributed by atoms with E-state index in [2.05, 4.69) is 0 Å². The number of amides is 1. The van der Waals surface area contributed by atoms with Crippen LogP contribution in [0, 0.1) is 0 Å². The number of likely N-dealkylation sites (tertiary alicyclic amines) is 1. The predicted octanol–water partition coefficient (Wildman–Crippen LogP) is -0.539. The van der Waals surface area contributed by atoms with E-state index in [9.17, 15) is 9.90 Å². The number of hydrogen-bond acceptors (Lipinski definition) is 3. The Kier molecular flexibility index (Phi) is 2.04. The molecule has 1 atom stereocenters. The van der Waals surface area contributed by atoms with Gasteiger partial charge in [-0.05, 0) is 12.8 Å². The Balaban J connectivity index is 1.88. The number of β-amino-alcohol motifs (C(OH)–C–C–N with tert-alkyl or cyclic N) is 1. The lowest BCUT2D eigenvalue weighted by Crippen LogP contribution is -2.63. The van der Waals surface area contributed by atoms with E-state index in [1.54, 1.807) is 4.90 Å². The van der Waals surface area contributed by atoms with Gasteiger partial charge in [-0.3, -0.25) is 4.79 Å². The van der Waals surface area contributed by atoms with Gasteiger partial charge < -0.3 is 15.7 Å². The number of carbonyl (C=O) groups excluding carboxylic acids is 1. The normalized spacial score (nSPS) is 32.0. The highest BCUT2D eigenvalue weighted by Gasteiger charge is 2.40. The smallest absolute Gasteiger partial charge is 0.241 e. The number of β-lactam (4-membered cyclic amide) rings is 1. The van der Waals surface area contributed by atoms with Gasteiger partial charge in [0, 0.05) is 13.1 Å². The van der Waals surface area contributed by atoms with Crippen LogP contribution in [-0.2, 0) is 4.79 Å². The van der Waals surface area contributed by atoms with Gasteiger partial charge in [-0.1, -0.05) is 12.8 Å². The summed E-state index contributed by atoms with van der Waals surface area (Å²) in [5, 5.41) is 10.00. The second kappa shape index (κ2) is 2.96. The minimum Gasteiger partial charge on any atom is -0.388 e. The third-order valence-electron chi connectivity index (χ3n) is 3.07. The van der Waals surface area contributed by atoms with E-state index in [1.807, 2.05) is 0 Å². The largest absolute Gasteiger partial charge is 0.388 e. The van der Waals surface area contributed by atoms with E-state index in [4.69, 9.17) is 5.73 Å². The second-order valence-electron chi connectivity index (χ2n) is 4.26. The number of rotatable bonds is 2. The van der Waals surface area contributed by atoms with Crippen LogP contribution in [0.4, 0.5) is 0 Å². The van der Waals surface area contributed by atoms with Crippen molar-refractivity contribution in [2.24, 2.45) is 5.73 Å². The van der Waals surface area contributed by atoms with Gasteiger partial charge in [0.25, 0.3) is 0 Å². The molecule has 0 radical (unpaired) electrons. The summed E-state index contributed by atoms with van der Waals surface area (Å²) in [6.45, 7) is 1.10. The van der Waals surface area contributed by atoms with Crippen LogP contribution in [-0.4, -0.2) is 40.6 Å². The Labute approximate surface area is 77.7 Å². The first-order valence-corrected chi connectivity index (χ1v) is 4.87. The molecule has 0 aromatic heterocycles. The highest BCUT2D eigenvalue weighted by molar-refractivity contribution is 5.87. The molecule has 1 aliphatic carbocycles. The molecule has 2 aliphatic rings. The van der Waals surface area contributed by atoms with Crippen molar-refractivity contribution in [2.45, 2.75) is 37.3 Å². The molecule has 1 saturated carbocycles. The topological polar surface area (TPSA) is 66.6 Å². The Hall–Kier alpha value is -0.610. The first-order valence-electron chi connectivity index (χ1n) is 4.87. The molecule has 1 heterocycles. The van der Waals surface area contributed by atoms with E-state index in [0.29, 0.717) is 13.1 Å². The number of nitrogens with two attached hydrogens (primary N) is 1. The lowest BCUT2D eigenvalue weighted by atomic mass is 9.98. The average molecular weight is 184 g/mol. The first-order chi connectivity index (χ1) is 6.11. The molecule has 1 saturated heterocycles. The summed E-state index contributed by atoms with van der Waals surface area (Å²) >= 11 is 0. The van der Waals surface area contributed by atoms with Crippen LogP contribution in [0.15, 0.2) is 0 Å². The summed E-state index contributed by atoms with van der Waals surface area (Å²) in [6, 6.07) is -0.315. The minimum atomic E-state index is -0.615. The van der Waals surface area contributed by atoms with Crippen LogP contribution in [0.2, 0.25) is 0 Å². The molecule has 13 heavy (non-hydrogen) atoms. The molecule has 0 bridgehead atoms. The fourth-order valence-electron chi connectivity index (χ4n) is 2.22. The van der Waals surface area contributed by atoms with Crippen molar-refractivity contribution < 1.29 is 9.90 Å². The van der Waals surface area contributed by atoms with Crippen molar-refractivity contribution in [1.82, 2.24) is 4.90 Å². The van der Waals surface area contributed by atoms with E-state index in [1.165, 1.54) is 0 Å². The number of aliphatic hydroxyl groups is 1. The molecule has 0 spiro atoms. The van der Waals surface area contributed by atoms with Crippen molar-refractivity contribution in [3.05, 3.63) is 0 Å². The highest BCUT2D eigenvalue weighted by Crippen LogP contribution is 2.31. The molecule has 4 nitrogen and oxygen atoms in total. The van der Waals surface area contributed by atoms with Gasteiger partial charge in [0.15, 0.2) is 0 Å². The quantitative estimate of drug-likeness (QED) is 0.566. The van der Waals surface area contributed by atoms with Gasteiger partial charge in [0.2, 0.25) is 5.91 Å². The molecular weight excluding hydrogens is 168 g/mol. The fraction of sp³-hybridized carbons (Fsp3) is 0.889. The molecule has 1 unspecified atom stereocenters. The Morgan fingerprint density at radius 1 is 1.54 bits per heavy atom.